The molecule has 126 valence electrons. The minimum atomic E-state index is -0.456. The fourth-order valence-corrected chi connectivity index (χ4v) is 2.61. The zero-order chi connectivity index (χ0) is 17.1. The van der Waals surface area contributed by atoms with E-state index in [-0.39, 0.29) is 17.4 Å². The minimum Gasteiger partial charge on any atom is -0.504 e. The van der Waals surface area contributed by atoms with Crippen molar-refractivity contribution >= 4 is 17.5 Å². The number of benzene rings is 1. The Labute approximate surface area is 138 Å². The van der Waals surface area contributed by atoms with Gasteiger partial charge in [0, 0.05) is 25.3 Å². The van der Waals surface area contributed by atoms with Crippen molar-refractivity contribution in [1.29, 1.82) is 0 Å². The molecule has 8 heteroatoms. The summed E-state index contributed by atoms with van der Waals surface area (Å²) in [5.41, 5.74) is 2.01. The summed E-state index contributed by atoms with van der Waals surface area (Å²) in [7, 11) is 0. The molecule has 1 aliphatic heterocycles. The van der Waals surface area contributed by atoms with Crippen molar-refractivity contribution in [1.82, 2.24) is 20.4 Å². The number of hydrogen-bond donors (Lipinski definition) is 4. The van der Waals surface area contributed by atoms with Crippen LogP contribution in [0, 0.1) is 6.92 Å². The van der Waals surface area contributed by atoms with E-state index in [2.05, 4.69) is 20.8 Å². The molecule has 2 aromatic rings. The van der Waals surface area contributed by atoms with Crippen molar-refractivity contribution in [2.75, 3.05) is 25.0 Å². The number of aryl methyl sites for hydroxylation is 1. The van der Waals surface area contributed by atoms with E-state index in [0.717, 1.165) is 12.1 Å². The molecule has 1 aromatic carbocycles. The van der Waals surface area contributed by atoms with Gasteiger partial charge in [-0.1, -0.05) is 12.1 Å². The Balaban J connectivity index is 1.67. The molecular formula is C16H19N5O3. The van der Waals surface area contributed by atoms with Gasteiger partial charge in [0.25, 0.3) is 5.91 Å². The largest absolute Gasteiger partial charge is 0.504 e. The summed E-state index contributed by atoms with van der Waals surface area (Å²) in [4.78, 5) is 25.7. The summed E-state index contributed by atoms with van der Waals surface area (Å²) >= 11 is 0. The van der Waals surface area contributed by atoms with Crippen molar-refractivity contribution in [3.63, 3.8) is 0 Å². The topological polar surface area (TPSA) is 110 Å². The van der Waals surface area contributed by atoms with Gasteiger partial charge in [-0.15, -0.1) is 0 Å². The number of hydrogen-bond acceptors (Lipinski definition) is 5. The van der Waals surface area contributed by atoms with Gasteiger partial charge in [0.15, 0.2) is 11.4 Å². The highest BCUT2D eigenvalue weighted by Gasteiger charge is 2.18. The number of carbonyl (C=O) groups excluding carboxylic acids is 2. The lowest BCUT2D eigenvalue weighted by Crippen LogP contribution is -2.47. The second-order valence-corrected chi connectivity index (χ2v) is 5.75. The highest BCUT2D eigenvalue weighted by atomic mass is 16.3. The Morgan fingerprint density at radius 3 is 3.00 bits per heavy atom. The van der Waals surface area contributed by atoms with Gasteiger partial charge in [-0.2, -0.15) is 5.10 Å². The normalized spacial score (nSPS) is 15.1. The molecule has 0 atom stereocenters. The van der Waals surface area contributed by atoms with Gasteiger partial charge in [0.1, 0.15) is 5.69 Å². The van der Waals surface area contributed by atoms with Crippen LogP contribution in [0.1, 0.15) is 21.7 Å². The number of amides is 2. The Morgan fingerprint density at radius 1 is 1.46 bits per heavy atom. The Kier molecular flexibility index (Phi) is 4.48. The maximum Gasteiger partial charge on any atom is 0.277 e. The SMILES string of the molecule is Cc1n[nH]c(C(=O)Nc2cccc(CN3CCNC(=O)C3)c2)c1O. The monoisotopic (exact) mass is 329 g/mol. The molecule has 1 saturated heterocycles. The van der Waals surface area contributed by atoms with Crippen molar-refractivity contribution in [3.8, 4) is 5.75 Å². The average molecular weight is 329 g/mol. The number of H-pyrrole nitrogens is 1. The number of nitrogens with one attached hydrogen (secondary N) is 3. The predicted molar refractivity (Wildman–Crippen MR) is 87.7 cm³/mol. The first-order valence-electron chi connectivity index (χ1n) is 7.66. The van der Waals surface area contributed by atoms with E-state index in [1.807, 2.05) is 23.1 Å². The van der Waals surface area contributed by atoms with E-state index in [4.69, 9.17) is 0 Å². The summed E-state index contributed by atoms with van der Waals surface area (Å²) in [6.07, 6.45) is 0. The van der Waals surface area contributed by atoms with Crippen molar-refractivity contribution in [2.45, 2.75) is 13.5 Å². The van der Waals surface area contributed by atoms with Gasteiger partial charge in [0.2, 0.25) is 5.91 Å². The first kappa shape index (κ1) is 16.0. The van der Waals surface area contributed by atoms with Crippen LogP contribution in [0.4, 0.5) is 5.69 Å². The minimum absolute atomic E-state index is 0.0239. The summed E-state index contributed by atoms with van der Waals surface area (Å²) in [5, 5.41) is 21.6. The van der Waals surface area contributed by atoms with Crippen LogP contribution in [-0.2, 0) is 11.3 Å². The zero-order valence-corrected chi connectivity index (χ0v) is 13.3. The lowest BCUT2D eigenvalue weighted by Gasteiger charge is -2.26. The van der Waals surface area contributed by atoms with E-state index in [1.54, 1.807) is 13.0 Å². The maximum absolute atomic E-state index is 12.2. The van der Waals surface area contributed by atoms with E-state index in [0.29, 0.717) is 31.0 Å². The number of nitrogens with zero attached hydrogens (tertiary/aromatic N) is 2. The Hall–Kier alpha value is -2.87. The lowest BCUT2D eigenvalue weighted by molar-refractivity contribution is -0.124. The number of piperazine rings is 1. The van der Waals surface area contributed by atoms with Gasteiger partial charge in [-0.05, 0) is 24.6 Å². The number of aromatic hydroxyl groups is 1. The first-order chi connectivity index (χ1) is 11.5. The summed E-state index contributed by atoms with van der Waals surface area (Å²) in [6, 6.07) is 7.41. The molecular weight excluding hydrogens is 310 g/mol. The Bertz CT molecular complexity index is 771. The molecule has 0 aliphatic carbocycles. The molecule has 2 heterocycles. The van der Waals surface area contributed by atoms with Crippen LogP contribution < -0.4 is 10.6 Å². The number of aromatic nitrogens is 2. The van der Waals surface area contributed by atoms with Crippen molar-refractivity contribution < 1.29 is 14.7 Å². The third-order valence-electron chi connectivity index (χ3n) is 3.85. The summed E-state index contributed by atoms with van der Waals surface area (Å²) in [5.74, 6) is -0.582. The van der Waals surface area contributed by atoms with E-state index < -0.39 is 5.91 Å². The molecule has 1 aliphatic rings. The first-order valence-corrected chi connectivity index (χ1v) is 7.66. The van der Waals surface area contributed by atoms with Crippen LogP contribution in [-0.4, -0.2) is 51.7 Å². The maximum atomic E-state index is 12.2. The lowest BCUT2D eigenvalue weighted by atomic mass is 10.1. The fourth-order valence-electron chi connectivity index (χ4n) is 2.61. The molecule has 0 radical (unpaired) electrons. The van der Waals surface area contributed by atoms with Gasteiger partial charge in [-0.3, -0.25) is 19.6 Å². The van der Waals surface area contributed by atoms with E-state index in [9.17, 15) is 14.7 Å². The van der Waals surface area contributed by atoms with Crippen molar-refractivity contribution in [3.05, 3.63) is 41.2 Å². The molecule has 2 amide bonds. The van der Waals surface area contributed by atoms with Crippen molar-refractivity contribution in [2.24, 2.45) is 0 Å². The van der Waals surface area contributed by atoms with E-state index in [1.165, 1.54) is 0 Å². The van der Waals surface area contributed by atoms with Gasteiger partial charge in [0.05, 0.1) is 6.54 Å². The molecule has 4 N–H and O–H groups in total. The molecule has 0 bridgehead atoms. The summed E-state index contributed by atoms with van der Waals surface area (Å²) in [6.45, 7) is 4.05. The van der Waals surface area contributed by atoms with Gasteiger partial charge < -0.3 is 15.7 Å². The number of anilines is 1. The summed E-state index contributed by atoms with van der Waals surface area (Å²) < 4.78 is 0. The second kappa shape index (κ2) is 6.71. The van der Waals surface area contributed by atoms with Crippen LogP contribution in [0.2, 0.25) is 0 Å². The highest BCUT2D eigenvalue weighted by Crippen LogP contribution is 2.20. The molecule has 0 saturated carbocycles. The van der Waals surface area contributed by atoms with Gasteiger partial charge >= 0.3 is 0 Å². The molecule has 3 rings (SSSR count). The van der Waals surface area contributed by atoms with Crippen LogP contribution >= 0.6 is 0 Å². The molecule has 0 spiro atoms. The predicted octanol–water partition coefficient (Wildman–Crippen LogP) is 0.608. The van der Waals surface area contributed by atoms with Crippen LogP contribution in [0.5, 0.6) is 5.75 Å². The molecule has 0 unspecified atom stereocenters. The highest BCUT2D eigenvalue weighted by molar-refractivity contribution is 6.04. The standard InChI is InChI=1S/C16H19N5O3/c1-10-15(23)14(20-19-10)16(24)18-12-4-2-3-11(7-12)8-21-6-5-17-13(22)9-21/h2-4,7,23H,5-6,8-9H2,1H3,(H,17,22)(H,18,24)(H,19,20). The third kappa shape index (κ3) is 3.54. The molecule has 8 nitrogen and oxygen atoms in total. The molecule has 1 fully saturated rings. The number of rotatable bonds is 4. The quantitative estimate of drug-likeness (QED) is 0.657. The molecule has 24 heavy (non-hydrogen) atoms. The van der Waals surface area contributed by atoms with Gasteiger partial charge in [-0.25, -0.2) is 0 Å². The van der Waals surface area contributed by atoms with Crippen LogP contribution in [0.3, 0.4) is 0 Å². The fraction of sp³-hybridized carbons (Fsp3) is 0.312. The average Bonchev–Trinajstić information content (AvgIpc) is 2.87. The zero-order valence-electron chi connectivity index (χ0n) is 13.3. The van der Waals surface area contributed by atoms with Crippen LogP contribution in [0.15, 0.2) is 24.3 Å². The second-order valence-electron chi connectivity index (χ2n) is 5.75. The third-order valence-corrected chi connectivity index (χ3v) is 3.85. The number of aromatic amines is 1. The Morgan fingerprint density at radius 2 is 2.29 bits per heavy atom. The van der Waals surface area contributed by atoms with E-state index >= 15 is 0 Å². The number of carbonyl (C=O) groups is 2. The van der Waals surface area contributed by atoms with Crippen LogP contribution in [0.25, 0.3) is 0 Å². The molecule has 1 aromatic heterocycles. The smallest absolute Gasteiger partial charge is 0.277 e.